The van der Waals surface area contributed by atoms with Crippen LogP contribution in [-0.2, 0) is 4.79 Å². The van der Waals surface area contributed by atoms with Crippen LogP contribution in [0.3, 0.4) is 0 Å². The molecule has 1 aromatic heterocycles. The topological polar surface area (TPSA) is 92.8 Å². The number of aliphatic hydroxyl groups is 2. The maximum absolute atomic E-state index is 14.4. The molecule has 2 bridgehead atoms. The van der Waals surface area contributed by atoms with Gasteiger partial charge >= 0.3 is 0 Å². The Bertz CT molecular complexity index is 1260. The van der Waals surface area contributed by atoms with Gasteiger partial charge in [0.15, 0.2) is 11.4 Å². The first kappa shape index (κ1) is 22.3. The van der Waals surface area contributed by atoms with Gasteiger partial charge in [-0.25, -0.2) is 0 Å². The summed E-state index contributed by atoms with van der Waals surface area (Å²) in [7, 11) is 0. The molecule has 2 fully saturated rings. The summed E-state index contributed by atoms with van der Waals surface area (Å²) in [4.78, 5) is 14.4. The standard InChI is InChI=1S/C27H30ClNO5/c1-12-10-27-13(2)7-18-20(26(18,3)4)17(24(27)32)8-14(11-30)22(31)21(27)23(12)33-25-16-9-15(28)5-6-19(16)34-29-25/h5-6,8-10,13,17-18,20-23,30-31H,7,11H2,1-4H3/t13-,17?,18?,20?,21?,22?,23?,27?/m1/s1. The SMILES string of the molecule is CC1=CC23C(=O)C(C=C(CO)C(O)C2C1Oc1noc2ccc(Cl)cc12)C1C(C[C@H]3C)C1(C)C. The molecular weight excluding hydrogens is 454 g/mol. The number of rotatable bonds is 3. The van der Waals surface area contributed by atoms with E-state index in [0.717, 1.165) is 12.0 Å². The highest BCUT2D eigenvalue weighted by Gasteiger charge is 2.71. The van der Waals surface area contributed by atoms with Gasteiger partial charge in [0.05, 0.1) is 23.5 Å². The summed E-state index contributed by atoms with van der Waals surface area (Å²) in [6, 6.07) is 5.19. The third-order valence-corrected chi connectivity index (χ3v) is 9.64. The number of hydrogen-bond acceptors (Lipinski definition) is 6. The highest BCUT2D eigenvalue weighted by atomic mass is 35.5. The molecule has 34 heavy (non-hydrogen) atoms. The number of carbonyl (C=O) groups is 1. The highest BCUT2D eigenvalue weighted by molar-refractivity contribution is 6.31. The maximum atomic E-state index is 14.4. The molecule has 0 radical (unpaired) electrons. The van der Waals surface area contributed by atoms with Crippen molar-refractivity contribution >= 4 is 28.4 Å². The Morgan fingerprint density at radius 2 is 2.06 bits per heavy atom. The lowest BCUT2D eigenvalue weighted by Crippen LogP contribution is -2.50. The number of carbonyl (C=O) groups excluding carboxylic acids is 1. The number of nitrogens with zero attached hydrogens (tertiary/aromatic N) is 1. The number of fused-ring (bicyclic) bond motifs is 4. The number of Topliss-reactive ketones (excluding diaryl/α,β-unsaturated/α-hetero) is 1. The highest BCUT2D eigenvalue weighted by Crippen LogP contribution is 2.71. The summed E-state index contributed by atoms with van der Waals surface area (Å²) in [5.41, 5.74) is 1.14. The van der Waals surface area contributed by atoms with Crippen molar-refractivity contribution in [2.45, 2.75) is 46.3 Å². The minimum absolute atomic E-state index is 0.0254. The zero-order valence-corrected chi connectivity index (χ0v) is 20.5. The Labute approximate surface area is 203 Å². The molecule has 6 nitrogen and oxygen atoms in total. The minimum Gasteiger partial charge on any atom is -0.467 e. The lowest BCUT2D eigenvalue weighted by Gasteiger charge is -2.42. The van der Waals surface area contributed by atoms with Gasteiger partial charge in [0.25, 0.3) is 5.88 Å². The van der Waals surface area contributed by atoms with Gasteiger partial charge in [0, 0.05) is 16.9 Å². The Balaban J connectivity index is 1.47. The van der Waals surface area contributed by atoms with E-state index in [1.54, 1.807) is 18.2 Å². The van der Waals surface area contributed by atoms with E-state index in [-0.39, 0.29) is 41.4 Å². The second-order valence-corrected chi connectivity index (χ2v) is 11.8. The van der Waals surface area contributed by atoms with Crippen LogP contribution in [0.25, 0.3) is 11.0 Å². The Kier molecular flexibility index (Phi) is 4.72. The lowest BCUT2D eigenvalue weighted by molar-refractivity contribution is -0.138. The summed E-state index contributed by atoms with van der Waals surface area (Å²) >= 11 is 6.20. The zero-order valence-electron chi connectivity index (χ0n) is 19.8. The van der Waals surface area contributed by atoms with Gasteiger partial charge in [-0.05, 0) is 71.0 Å². The van der Waals surface area contributed by atoms with E-state index in [1.165, 1.54) is 0 Å². The van der Waals surface area contributed by atoms with Gasteiger partial charge in [0.2, 0.25) is 0 Å². The van der Waals surface area contributed by atoms with E-state index in [1.807, 2.05) is 19.1 Å². The van der Waals surface area contributed by atoms with Crippen LogP contribution in [0, 0.1) is 40.4 Å². The fourth-order valence-corrected chi connectivity index (χ4v) is 7.76. The molecule has 6 rings (SSSR count). The molecule has 2 N–H and O–H groups in total. The smallest absolute Gasteiger partial charge is 0.262 e. The van der Waals surface area contributed by atoms with Gasteiger partial charge < -0.3 is 19.5 Å². The van der Waals surface area contributed by atoms with Gasteiger partial charge in [-0.1, -0.05) is 44.5 Å². The van der Waals surface area contributed by atoms with Crippen LogP contribution in [-0.4, -0.2) is 40.0 Å². The molecular formula is C27H30ClNO5. The fourth-order valence-electron chi connectivity index (χ4n) is 7.59. The van der Waals surface area contributed by atoms with E-state index < -0.39 is 23.5 Å². The molecule has 4 aliphatic carbocycles. The number of aromatic nitrogens is 1. The summed E-state index contributed by atoms with van der Waals surface area (Å²) in [5, 5.41) is 27.1. The van der Waals surface area contributed by atoms with Crippen LogP contribution >= 0.6 is 11.6 Å². The van der Waals surface area contributed by atoms with Crippen LogP contribution in [0.2, 0.25) is 5.02 Å². The van der Waals surface area contributed by atoms with Gasteiger partial charge in [-0.2, -0.15) is 0 Å². The number of allylic oxidation sites excluding steroid dienone is 2. The average Bonchev–Trinajstić information content (AvgIpc) is 3.07. The Morgan fingerprint density at radius 1 is 1.29 bits per heavy atom. The quantitative estimate of drug-likeness (QED) is 0.621. The second kappa shape index (κ2) is 7.19. The number of aliphatic hydroxyl groups excluding tert-OH is 2. The molecule has 2 aromatic rings. The van der Waals surface area contributed by atoms with Crippen molar-refractivity contribution in [1.29, 1.82) is 0 Å². The maximum Gasteiger partial charge on any atom is 0.262 e. The first-order chi connectivity index (χ1) is 16.1. The number of benzene rings is 1. The summed E-state index contributed by atoms with van der Waals surface area (Å²) in [5.74, 6) is 0.239. The van der Waals surface area contributed by atoms with Gasteiger partial charge in [-0.3, -0.25) is 4.79 Å². The average molecular weight is 484 g/mol. The van der Waals surface area contributed by atoms with Crippen molar-refractivity contribution in [1.82, 2.24) is 5.16 Å². The first-order valence-corrected chi connectivity index (χ1v) is 12.4. The first-order valence-electron chi connectivity index (χ1n) is 12.1. The minimum atomic E-state index is -1.01. The van der Waals surface area contributed by atoms with E-state index in [0.29, 0.717) is 27.5 Å². The van der Waals surface area contributed by atoms with Crippen LogP contribution in [0.15, 0.2) is 46.0 Å². The predicted molar refractivity (Wildman–Crippen MR) is 127 cm³/mol. The monoisotopic (exact) mass is 483 g/mol. The van der Waals surface area contributed by atoms with Crippen molar-refractivity contribution < 1.29 is 24.3 Å². The summed E-state index contributed by atoms with van der Waals surface area (Å²) in [6.45, 7) is 8.25. The molecule has 1 spiro atoms. The van der Waals surface area contributed by atoms with Gasteiger partial charge in [0.1, 0.15) is 6.10 Å². The molecule has 1 aromatic carbocycles. The van der Waals surface area contributed by atoms with E-state index >= 15 is 0 Å². The third-order valence-electron chi connectivity index (χ3n) is 9.41. The van der Waals surface area contributed by atoms with E-state index in [4.69, 9.17) is 20.9 Å². The number of ketones is 1. The van der Waals surface area contributed by atoms with Crippen LogP contribution in [0.1, 0.15) is 34.1 Å². The lowest BCUT2D eigenvalue weighted by atomic mass is 9.61. The number of halogens is 1. The number of ether oxygens (including phenoxy) is 1. The number of hydrogen-bond donors (Lipinski definition) is 2. The Morgan fingerprint density at radius 3 is 2.79 bits per heavy atom. The summed E-state index contributed by atoms with van der Waals surface area (Å²) < 4.78 is 11.9. The van der Waals surface area contributed by atoms with Crippen LogP contribution in [0.4, 0.5) is 0 Å². The van der Waals surface area contributed by atoms with Gasteiger partial charge in [-0.15, -0.1) is 0 Å². The van der Waals surface area contributed by atoms with Crippen molar-refractivity contribution in [2.24, 2.45) is 40.4 Å². The fraction of sp³-hybridized carbons (Fsp3) is 0.556. The molecule has 0 aliphatic heterocycles. The van der Waals surface area contributed by atoms with Crippen molar-refractivity contribution in [3.8, 4) is 5.88 Å². The molecule has 1 heterocycles. The van der Waals surface area contributed by atoms with Crippen molar-refractivity contribution in [2.75, 3.05) is 6.61 Å². The van der Waals surface area contributed by atoms with Crippen LogP contribution in [0.5, 0.6) is 5.88 Å². The molecule has 7 unspecified atom stereocenters. The normalized spacial score (nSPS) is 40.1. The van der Waals surface area contributed by atoms with Crippen molar-refractivity contribution in [3.63, 3.8) is 0 Å². The van der Waals surface area contributed by atoms with Crippen molar-refractivity contribution in [3.05, 3.63) is 46.5 Å². The largest absolute Gasteiger partial charge is 0.467 e. The summed E-state index contributed by atoms with van der Waals surface area (Å²) in [6.07, 6.45) is 3.23. The molecule has 8 atom stereocenters. The molecule has 0 saturated heterocycles. The third kappa shape index (κ3) is 2.76. The molecule has 0 amide bonds. The molecule has 2 saturated carbocycles. The molecule has 4 aliphatic rings. The predicted octanol–water partition coefficient (Wildman–Crippen LogP) is 4.58. The Hall–Kier alpha value is -2.15. The van der Waals surface area contributed by atoms with E-state index in [9.17, 15) is 15.0 Å². The molecule has 7 heteroatoms. The zero-order chi connectivity index (χ0) is 24.2. The van der Waals surface area contributed by atoms with Crippen LogP contribution < -0.4 is 4.74 Å². The van der Waals surface area contributed by atoms with E-state index in [2.05, 4.69) is 25.9 Å². The second-order valence-electron chi connectivity index (χ2n) is 11.3. The molecule has 180 valence electrons.